The smallest absolute Gasteiger partial charge is 0.262 e. The van der Waals surface area contributed by atoms with E-state index in [-0.39, 0.29) is 5.91 Å². The summed E-state index contributed by atoms with van der Waals surface area (Å²) in [6.45, 7) is 5.12. The molecule has 3 aromatic rings. The van der Waals surface area contributed by atoms with Gasteiger partial charge in [-0.2, -0.15) is 5.10 Å². The summed E-state index contributed by atoms with van der Waals surface area (Å²) in [5.74, 6) is -0.208. The summed E-state index contributed by atoms with van der Waals surface area (Å²) in [5, 5.41) is 9.14. The molecule has 1 fully saturated rings. The van der Waals surface area contributed by atoms with Crippen molar-refractivity contribution in [3.8, 4) is 0 Å². The number of nitrogens with one attached hydrogen (secondary N) is 2. The number of hydrazone groups is 1. The molecule has 0 saturated carbocycles. The highest BCUT2D eigenvalue weighted by Crippen LogP contribution is 2.26. The number of aromatic nitrogens is 1. The zero-order chi connectivity index (χ0) is 19.3. The minimum absolute atomic E-state index is 0.208. The van der Waals surface area contributed by atoms with Gasteiger partial charge < -0.3 is 15.0 Å². The third kappa shape index (κ3) is 4.49. The van der Waals surface area contributed by atoms with E-state index in [4.69, 9.17) is 4.74 Å². The molecular formula is C19H21N5O2S2. The van der Waals surface area contributed by atoms with Crippen LogP contribution in [0.4, 0.5) is 10.1 Å². The maximum atomic E-state index is 12.3. The van der Waals surface area contributed by atoms with Crippen molar-refractivity contribution in [2.24, 2.45) is 5.10 Å². The fourth-order valence-electron chi connectivity index (χ4n) is 2.81. The standard InChI is InChI=1S/C19H21N5O2S2/c1-13(21-19-22-15-4-2-3-5-16(15)28-19)18(25)23-20-12-14-6-7-17(27-14)24-8-10-26-11-9-24/h2-7,12-13H,8-11H2,1H3,(H,21,22)(H,23,25)/b20-12-/t13-/m0/s1. The van der Waals surface area contributed by atoms with Crippen LogP contribution >= 0.6 is 22.7 Å². The van der Waals surface area contributed by atoms with Gasteiger partial charge in [0.05, 0.1) is 34.6 Å². The van der Waals surface area contributed by atoms with Crippen LogP contribution in [-0.2, 0) is 9.53 Å². The first kappa shape index (κ1) is 18.9. The number of para-hydroxylation sites is 1. The molecule has 2 N–H and O–H groups in total. The third-order valence-electron chi connectivity index (χ3n) is 4.33. The molecule has 1 aliphatic heterocycles. The van der Waals surface area contributed by atoms with Gasteiger partial charge in [-0.25, -0.2) is 10.4 Å². The summed E-state index contributed by atoms with van der Waals surface area (Å²) in [6.07, 6.45) is 1.68. The maximum absolute atomic E-state index is 12.3. The number of fused-ring (bicyclic) bond motifs is 1. The normalized spacial score (nSPS) is 15.8. The Labute approximate surface area is 171 Å². The van der Waals surface area contributed by atoms with Gasteiger partial charge in [0.1, 0.15) is 6.04 Å². The first-order chi connectivity index (χ1) is 13.7. The highest BCUT2D eigenvalue weighted by molar-refractivity contribution is 7.22. The van der Waals surface area contributed by atoms with E-state index in [0.29, 0.717) is 0 Å². The zero-order valence-corrected chi connectivity index (χ0v) is 17.1. The van der Waals surface area contributed by atoms with Gasteiger partial charge >= 0.3 is 0 Å². The van der Waals surface area contributed by atoms with Crippen LogP contribution in [0.3, 0.4) is 0 Å². The van der Waals surface area contributed by atoms with Crippen LogP contribution < -0.4 is 15.6 Å². The number of rotatable bonds is 6. The van der Waals surface area contributed by atoms with Crippen molar-refractivity contribution >= 4 is 55.1 Å². The summed E-state index contributed by atoms with van der Waals surface area (Å²) >= 11 is 3.18. The molecule has 1 aliphatic rings. The van der Waals surface area contributed by atoms with E-state index in [1.54, 1.807) is 24.5 Å². The zero-order valence-electron chi connectivity index (χ0n) is 15.4. The van der Waals surface area contributed by atoms with Crippen LogP contribution in [0.1, 0.15) is 11.8 Å². The Morgan fingerprint density at radius 1 is 1.25 bits per heavy atom. The van der Waals surface area contributed by atoms with Crippen LogP contribution in [0.15, 0.2) is 41.5 Å². The number of hydrogen-bond donors (Lipinski definition) is 2. The monoisotopic (exact) mass is 415 g/mol. The molecule has 1 amide bonds. The molecule has 4 rings (SSSR count). The summed E-state index contributed by atoms with van der Waals surface area (Å²) in [4.78, 5) is 20.1. The van der Waals surface area contributed by atoms with Crippen molar-refractivity contribution in [3.63, 3.8) is 0 Å². The lowest BCUT2D eigenvalue weighted by Gasteiger charge is -2.27. The quantitative estimate of drug-likeness (QED) is 0.478. The number of amides is 1. The van der Waals surface area contributed by atoms with Gasteiger partial charge in [0.25, 0.3) is 5.91 Å². The Hall–Kier alpha value is -2.49. The molecular weight excluding hydrogens is 394 g/mol. The van der Waals surface area contributed by atoms with E-state index in [1.807, 2.05) is 30.3 Å². The number of morpholine rings is 1. The van der Waals surface area contributed by atoms with Crippen LogP contribution in [0.25, 0.3) is 10.2 Å². The van der Waals surface area contributed by atoms with Crippen molar-refractivity contribution in [1.29, 1.82) is 0 Å². The third-order valence-corrected chi connectivity index (χ3v) is 6.38. The fraction of sp³-hybridized carbons (Fsp3) is 0.316. The molecule has 1 saturated heterocycles. The SMILES string of the molecule is C[C@H](Nc1nc2ccccc2s1)C(=O)N/N=C\c1ccc(N2CCOCC2)s1. The van der Waals surface area contributed by atoms with E-state index in [1.165, 1.54) is 16.3 Å². The molecule has 7 nitrogen and oxygen atoms in total. The van der Waals surface area contributed by atoms with Gasteiger partial charge in [0.15, 0.2) is 5.13 Å². The summed E-state index contributed by atoms with van der Waals surface area (Å²) in [6, 6.07) is 11.5. The van der Waals surface area contributed by atoms with Gasteiger partial charge in [-0.05, 0) is 31.2 Å². The van der Waals surface area contributed by atoms with Gasteiger partial charge in [0.2, 0.25) is 0 Å². The maximum Gasteiger partial charge on any atom is 0.262 e. The largest absolute Gasteiger partial charge is 0.378 e. The molecule has 3 heterocycles. The minimum atomic E-state index is -0.440. The summed E-state index contributed by atoms with van der Waals surface area (Å²) < 4.78 is 6.47. The van der Waals surface area contributed by atoms with Crippen molar-refractivity contribution in [3.05, 3.63) is 41.3 Å². The van der Waals surface area contributed by atoms with Crippen LogP contribution in [0, 0.1) is 0 Å². The first-order valence-corrected chi connectivity index (χ1v) is 10.7. The summed E-state index contributed by atoms with van der Waals surface area (Å²) in [5.41, 5.74) is 3.52. The molecule has 146 valence electrons. The Bertz CT molecular complexity index is 945. The van der Waals surface area contributed by atoms with Gasteiger partial charge in [-0.3, -0.25) is 4.79 Å². The number of ether oxygens (including phenoxy) is 1. The number of nitrogens with zero attached hydrogens (tertiary/aromatic N) is 3. The van der Waals surface area contributed by atoms with Crippen LogP contribution in [-0.4, -0.2) is 49.5 Å². The molecule has 9 heteroatoms. The molecule has 1 aromatic carbocycles. The van der Waals surface area contributed by atoms with Crippen molar-refractivity contribution < 1.29 is 9.53 Å². The molecule has 0 unspecified atom stereocenters. The number of carbonyl (C=O) groups is 1. The Kier molecular flexibility index (Phi) is 5.84. The average molecular weight is 416 g/mol. The molecule has 0 aliphatic carbocycles. The highest BCUT2D eigenvalue weighted by Gasteiger charge is 2.15. The van der Waals surface area contributed by atoms with E-state index >= 15 is 0 Å². The number of thiazole rings is 1. The second-order valence-electron chi connectivity index (χ2n) is 6.36. The number of thiophene rings is 1. The lowest BCUT2D eigenvalue weighted by atomic mass is 10.3. The van der Waals surface area contributed by atoms with E-state index in [0.717, 1.165) is 46.5 Å². The first-order valence-electron chi connectivity index (χ1n) is 9.06. The minimum Gasteiger partial charge on any atom is -0.378 e. The van der Waals surface area contributed by atoms with Gasteiger partial charge in [0, 0.05) is 18.0 Å². The van der Waals surface area contributed by atoms with Crippen molar-refractivity contribution in [2.45, 2.75) is 13.0 Å². The van der Waals surface area contributed by atoms with Crippen LogP contribution in [0.5, 0.6) is 0 Å². The Morgan fingerprint density at radius 2 is 2.07 bits per heavy atom. The predicted octanol–water partition coefficient (Wildman–Crippen LogP) is 3.15. The van der Waals surface area contributed by atoms with E-state index in [9.17, 15) is 4.79 Å². The number of carbonyl (C=O) groups excluding carboxylic acids is 1. The predicted molar refractivity (Wildman–Crippen MR) is 116 cm³/mol. The van der Waals surface area contributed by atoms with Crippen molar-refractivity contribution in [2.75, 3.05) is 36.5 Å². The molecule has 0 spiro atoms. The van der Waals surface area contributed by atoms with E-state index < -0.39 is 6.04 Å². The topological polar surface area (TPSA) is 78.8 Å². The number of hydrogen-bond acceptors (Lipinski definition) is 8. The molecule has 1 atom stereocenters. The molecule has 0 bridgehead atoms. The van der Waals surface area contributed by atoms with Gasteiger partial charge in [-0.1, -0.05) is 23.5 Å². The average Bonchev–Trinajstić information content (AvgIpc) is 3.35. The molecule has 28 heavy (non-hydrogen) atoms. The van der Waals surface area contributed by atoms with Crippen LogP contribution in [0.2, 0.25) is 0 Å². The second-order valence-corrected chi connectivity index (χ2v) is 8.49. The highest BCUT2D eigenvalue weighted by atomic mass is 32.1. The Balaban J connectivity index is 1.30. The lowest BCUT2D eigenvalue weighted by molar-refractivity contribution is -0.121. The summed E-state index contributed by atoms with van der Waals surface area (Å²) in [7, 11) is 0. The van der Waals surface area contributed by atoms with E-state index in [2.05, 4.69) is 31.8 Å². The van der Waals surface area contributed by atoms with Gasteiger partial charge in [-0.15, -0.1) is 11.3 Å². The van der Waals surface area contributed by atoms with Crippen molar-refractivity contribution in [1.82, 2.24) is 10.4 Å². The number of benzene rings is 1. The molecule has 0 radical (unpaired) electrons. The lowest BCUT2D eigenvalue weighted by Crippen LogP contribution is -2.35. The second kappa shape index (κ2) is 8.68. The number of anilines is 2. The molecule has 2 aromatic heterocycles. The Morgan fingerprint density at radius 3 is 2.89 bits per heavy atom. The fourth-order valence-corrected chi connectivity index (χ4v) is 4.69.